The van der Waals surface area contributed by atoms with Crippen LogP contribution in [0.15, 0.2) is 36.4 Å². The Labute approximate surface area is 106 Å². The monoisotopic (exact) mass is 238 g/mol. The van der Waals surface area contributed by atoms with E-state index in [-0.39, 0.29) is 0 Å². The van der Waals surface area contributed by atoms with Crippen molar-refractivity contribution in [3.05, 3.63) is 53.2 Å². The SMILES string of the molecule is Cc1nn(C/C=C/c2ccccc2)c(N)c1C#N. The van der Waals surface area contributed by atoms with Crippen molar-refractivity contribution in [3.8, 4) is 6.07 Å². The number of anilines is 1. The summed E-state index contributed by atoms with van der Waals surface area (Å²) in [6.07, 6.45) is 3.97. The van der Waals surface area contributed by atoms with Crippen molar-refractivity contribution < 1.29 is 0 Å². The first kappa shape index (κ1) is 11.9. The van der Waals surface area contributed by atoms with Gasteiger partial charge in [0.25, 0.3) is 0 Å². The van der Waals surface area contributed by atoms with E-state index in [9.17, 15) is 0 Å². The minimum absolute atomic E-state index is 0.424. The van der Waals surface area contributed by atoms with Crippen molar-refractivity contribution in [2.75, 3.05) is 5.73 Å². The predicted molar refractivity (Wildman–Crippen MR) is 71.6 cm³/mol. The van der Waals surface area contributed by atoms with Gasteiger partial charge in [-0.2, -0.15) is 10.4 Å². The van der Waals surface area contributed by atoms with Gasteiger partial charge in [0.1, 0.15) is 17.5 Å². The lowest BCUT2D eigenvalue weighted by atomic mass is 10.2. The Kier molecular flexibility index (Phi) is 3.44. The highest BCUT2D eigenvalue weighted by Gasteiger charge is 2.10. The molecule has 90 valence electrons. The number of benzene rings is 1. The second-order valence-corrected chi connectivity index (χ2v) is 3.95. The van der Waals surface area contributed by atoms with Crippen LogP contribution in [-0.4, -0.2) is 9.78 Å². The van der Waals surface area contributed by atoms with E-state index in [1.807, 2.05) is 42.5 Å². The van der Waals surface area contributed by atoms with Gasteiger partial charge >= 0.3 is 0 Å². The smallest absolute Gasteiger partial charge is 0.140 e. The van der Waals surface area contributed by atoms with Crippen LogP contribution in [0, 0.1) is 18.3 Å². The molecule has 0 spiro atoms. The van der Waals surface area contributed by atoms with E-state index in [2.05, 4.69) is 11.2 Å². The third-order valence-corrected chi connectivity index (χ3v) is 2.67. The van der Waals surface area contributed by atoms with Crippen LogP contribution < -0.4 is 5.73 Å². The van der Waals surface area contributed by atoms with Gasteiger partial charge in [0.15, 0.2) is 0 Å². The van der Waals surface area contributed by atoms with Gasteiger partial charge in [0.05, 0.1) is 12.2 Å². The molecule has 18 heavy (non-hydrogen) atoms. The minimum Gasteiger partial charge on any atom is -0.383 e. The topological polar surface area (TPSA) is 67.6 Å². The standard InChI is InChI=1S/C14H14N4/c1-11-13(10-15)14(16)18(17-11)9-5-8-12-6-3-2-4-7-12/h2-8H,9,16H2,1H3/b8-5+. The van der Waals surface area contributed by atoms with Crippen LogP contribution in [0.4, 0.5) is 5.82 Å². The Hall–Kier alpha value is -2.54. The lowest BCUT2D eigenvalue weighted by Crippen LogP contribution is -2.03. The molecule has 0 saturated heterocycles. The first-order valence-corrected chi connectivity index (χ1v) is 5.67. The second-order valence-electron chi connectivity index (χ2n) is 3.95. The Morgan fingerprint density at radius 2 is 2.11 bits per heavy atom. The van der Waals surface area contributed by atoms with Crippen LogP contribution in [-0.2, 0) is 6.54 Å². The molecule has 1 heterocycles. The summed E-state index contributed by atoms with van der Waals surface area (Å²) in [5.41, 5.74) is 8.09. The number of hydrogen-bond acceptors (Lipinski definition) is 3. The number of nitrogen functional groups attached to an aromatic ring is 1. The molecule has 2 aromatic rings. The zero-order valence-electron chi connectivity index (χ0n) is 10.2. The highest BCUT2D eigenvalue weighted by Crippen LogP contribution is 2.14. The van der Waals surface area contributed by atoms with Crippen molar-refractivity contribution in [3.63, 3.8) is 0 Å². The Morgan fingerprint density at radius 3 is 2.72 bits per heavy atom. The molecular weight excluding hydrogens is 224 g/mol. The fraction of sp³-hybridized carbons (Fsp3) is 0.143. The number of allylic oxidation sites excluding steroid dienone is 1. The predicted octanol–water partition coefficient (Wildman–Crippen LogP) is 2.36. The number of aromatic nitrogens is 2. The number of nitrogens with zero attached hydrogens (tertiary/aromatic N) is 3. The van der Waals surface area contributed by atoms with Gasteiger partial charge in [-0.25, -0.2) is 4.68 Å². The zero-order valence-corrected chi connectivity index (χ0v) is 10.2. The molecule has 0 unspecified atom stereocenters. The van der Waals surface area contributed by atoms with Gasteiger partial charge in [-0.15, -0.1) is 0 Å². The number of hydrogen-bond donors (Lipinski definition) is 1. The highest BCUT2D eigenvalue weighted by atomic mass is 15.3. The van der Waals surface area contributed by atoms with Gasteiger partial charge in [-0.05, 0) is 12.5 Å². The van der Waals surface area contributed by atoms with Gasteiger partial charge < -0.3 is 5.73 Å². The van der Waals surface area contributed by atoms with Crippen molar-refractivity contribution in [2.24, 2.45) is 0 Å². The molecule has 0 aliphatic heterocycles. The molecule has 2 rings (SSSR count). The maximum absolute atomic E-state index is 8.91. The molecule has 4 heteroatoms. The van der Waals surface area contributed by atoms with Gasteiger partial charge in [0, 0.05) is 0 Å². The van der Waals surface area contributed by atoms with E-state index in [0.29, 0.717) is 23.6 Å². The van der Waals surface area contributed by atoms with Gasteiger partial charge in [0.2, 0.25) is 0 Å². The minimum atomic E-state index is 0.424. The Morgan fingerprint density at radius 1 is 1.39 bits per heavy atom. The summed E-state index contributed by atoms with van der Waals surface area (Å²) in [5, 5.41) is 13.1. The molecule has 0 fully saturated rings. The van der Waals surface area contributed by atoms with Gasteiger partial charge in [-0.3, -0.25) is 0 Å². The van der Waals surface area contributed by atoms with Crippen molar-refractivity contribution in [1.29, 1.82) is 5.26 Å². The van der Waals surface area contributed by atoms with Crippen molar-refractivity contribution in [2.45, 2.75) is 13.5 Å². The largest absolute Gasteiger partial charge is 0.383 e. The molecule has 0 aliphatic rings. The molecule has 1 aromatic carbocycles. The van der Waals surface area contributed by atoms with E-state index < -0.39 is 0 Å². The molecule has 0 atom stereocenters. The maximum atomic E-state index is 8.91. The highest BCUT2D eigenvalue weighted by molar-refractivity contribution is 5.52. The molecule has 0 saturated carbocycles. The molecule has 2 N–H and O–H groups in total. The second kappa shape index (κ2) is 5.19. The Balaban J connectivity index is 2.12. The fourth-order valence-corrected chi connectivity index (χ4v) is 1.73. The van der Waals surface area contributed by atoms with E-state index in [1.165, 1.54) is 0 Å². The van der Waals surface area contributed by atoms with Crippen LogP contribution >= 0.6 is 0 Å². The molecule has 1 aromatic heterocycles. The normalized spacial score (nSPS) is 10.7. The van der Waals surface area contributed by atoms with Crippen LogP contribution in [0.25, 0.3) is 6.08 Å². The van der Waals surface area contributed by atoms with Crippen molar-refractivity contribution >= 4 is 11.9 Å². The molecule has 0 amide bonds. The number of rotatable bonds is 3. The summed E-state index contributed by atoms with van der Waals surface area (Å²) in [6.45, 7) is 2.34. The summed E-state index contributed by atoms with van der Waals surface area (Å²) in [6, 6.07) is 12.1. The quantitative estimate of drug-likeness (QED) is 0.892. The van der Waals surface area contributed by atoms with E-state index in [1.54, 1.807) is 11.6 Å². The average molecular weight is 238 g/mol. The first-order valence-electron chi connectivity index (χ1n) is 5.67. The van der Waals surface area contributed by atoms with Crippen molar-refractivity contribution in [1.82, 2.24) is 9.78 Å². The van der Waals surface area contributed by atoms with E-state index in [0.717, 1.165) is 5.56 Å². The lowest BCUT2D eigenvalue weighted by Gasteiger charge is -1.99. The molecular formula is C14H14N4. The summed E-state index contributed by atoms with van der Waals surface area (Å²) in [7, 11) is 0. The molecule has 0 aliphatic carbocycles. The number of aryl methyl sites for hydroxylation is 1. The number of nitriles is 1. The zero-order chi connectivity index (χ0) is 13.0. The third kappa shape index (κ3) is 2.41. The van der Waals surface area contributed by atoms with Crippen LogP contribution in [0.3, 0.4) is 0 Å². The van der Waals surface area contributed by atoms with E-state index in [4.69, 9.17) is 11.0 Å². The lowest BCUT2D eigenvalue weighted by molar-refractivity contribution is 0.705. The first-order chi connectivity index (χ1) is 8.72. The summed E-state index contributed by atoms with van der Waals surface area (Å²) >= 11 is 0. The van der Waals surface area contributed by atoms with Crippen LogP contribution in [0.1, 0.15) is 16.8 Å². The average Bonchev–Trinajstić information content (AvgIpc) is 2.65. The maximum Gasteiger partial charge on any atom is 0.140 e. The molecule has 4 nitrogen and oxygen atoms in total. The van der Waals surface area contributed by atoms with Crippen LogP contribution in [0.2, 0.25) is 0 Å². The summed E-state index contributed by atoms with van der Waals surface area (Å²) in [5.74, 6) is 0.424. The van der Waals surface area contributed by atoms with E-state index >= 15 is 0 Å². The van der Waals surface area contributed by atoms with Gasteiger partial charge in [-0.1, -0.05) is 42.5 Å². The summed E-state index contributed by atoms with van der Waals surface area (Å²) in [4.78, 5) is 0. The Bertz CT molecular complexity index is 603. The summed E-state index contributed by atoms with van der Waals surface area (Å²) < 4.78 is 1.63. The third-order valence-electron chi connectivity index (χ3n) is 2.67. The molecule has 0 radical (unpaired) electrons. The van der Waals surface area contributed by atoms with Crippen LogP contribution in [0.5, 0.6) is 0 Å². The molecule has 0 bridgehead atoms. The fourth-order valence-electron chi connectivity index (χ4n) is 1.73. The number of nitrogens with two attached hydrogens (primary N) is 1.